The molecule has 0 N–H and O–H groups in total. The maximum atomic E-state index is 13.1. The number of amides is 1. The minimum atomic E-state index is 0.154. The highest BCUT2D eigenvalue weighted by Crippen LogP contribution is 2.28. The average molecular weight is 370 g/mol. The van der Waals surface area contributed by atoms with Crippen molar-refractivity contribution in [1.29, 1.82) is 0 Å². The van der Waals surface area contributed by atoms with E-state index in [0.717, 1.165) is 65.6 Å². The Morgan fingerprint density at radius 2 is 1.77 bits per heavy atom. The molecule has 0 fully saturated rings. The van der Waals surface area contributed by atoms with Gasteiger partial charge in [0.15, 0.2) is 4.96 Å². The van der Waals surface area contributed by atoms with Crippen LogP contribution in [0.1, 0.15) is 54.9 Å². The van der Waals surface area contributed by atoms with Gasteiger partial charge in [-0.25, -0.2) is 4.98 Å². The zero-order valence-electron chi connectivity index (χ0n) is 15.9. The molecule has 2 heterocycles. The van der Waals surface area contributed by atoms with Crippen LogP contribution in [0.15, 0.2) is 36.5 Å². The van der Waals surface area contributed by atoms with Gasteiger partial charge < -0.3 is 4.90 Å². The van der Waals surface area contributed by atoms with Crippen molar-refractivity contribution in [3.63, 3.8) is 0 Å². The molecule has 0 saturated heterocycles. The number of thiazole rings is 1. The average Bonchev–Trinajstić information content (AvgIpc) is 3.22. The molecule has 4 nitrogen and oxygen atoms in total. The smallest absolute Gasteiger partial charge is 0.265 e. The third-order valence-corrected chi connectivity index (χ3v) is 5.82. The Balaban J connectivity index is 1.88. The number of aryl methyl sites for hydroxylation is 1. The quantitative estimate of drug-likeness (QED) is 0.532. The van der Waals surface area contributed by atoms with Crippen LogP contribution >= 0.6 is 11.3 Å². The molecule has 3 aromatic rings. The molecule has 0 unspecified atom stereocenters. The second-order valence-electron chi connectivity index (χ2n) is 6.66. The Labute approximate surface area is 159 Å². The van der Waals surface area contributed by atoms with Crippen molar-refractivity contribution in [3.05, 3.63) is 47.1 Å². The fourth-order valence-electron chi connectivity index (χ4n) is 3.05. The largest absolute Gasteiger partial charge is 0.338 e. The zero-order valence-corrected chi connectivity index (χ0v) is 16.7. The van der Waals surface area contributed by atoms with Gasteiger partial charge in [-0.3, -0.25) is 9.20 Å². The fraction of sp³-hybridized carbons (Fsp3) is 0.429. The van der Waals surface area contributed by atoms with E-state index in [1.807, 2.05) is 36.2 Å². The van der Waals surface area contributed by atoms with E-state index in [1.54, 1.807) is 0 Å². The monoisotopic (exact) mass is 369 g/mol. The van der Waals surface area contributed by atoms with Crippen molar-refractivity contribution in [1.82, 2.24) is 14.3 Å². The molecule has 0 aliphatic rings. The van der Waals surface area contributed by atoms with E-state index >= 15 is 0 Å². The van der Waals surface area contributed by atoms with Gasteiger partial charge in [0.1, 0.15) is 4.88 Å². The summed E-state index contributed by atoms with van der Waals surface area (Å²) in [5, 5.41) is 0. The van der Waals surface area contributed by atoms with Crippen molar-refractivity contribution in [2.45, 2.75) is 46.5 Å². The van der Waals surface area contributed by atoms with E-state index in [4.69, 9.17) is 4.98 Å². The summed E-state index contributed by atoms with van der Waals surface area (Å²) in [6, 6.07) is 10.2. The van der Waals surface area contributed by atoms with Crippen LogP contribution in [0.5, 0.6) is 0 Å². The summed E-state index contributed by atoms with van der Waals surface area (Å²) in [5.74, 6) is 0.154. The van der Waals surface area contributed by atoms with Gasteiger partial charge in [0.2, 0.25) is 0 Å². The lowest BCUT2D eigenvalue weighted by Crippen LogP contribution is -2.32. The Morgan fingerprint density at radius 3 is 2.35 bits per heavy atom. The molecular weight excluding hydrogens is 342 g/mol. The molecule has 26 heavy (non-hydrogen) atoms. The zero-order chi connectivity index (χ0) is 18.5. The van der Waals surface area contributed by atoms with Gasteiger partial charge in [-0.1, -0.05) is 68.4 Å². The first-order valence-electron chi connectivity index (χ1n) is 9.48. The van der Waals surface area contributed by atoms with E-state index in [0.29, 0.717) is 0 Å². The van der Waals surface area contributed by atoms with Crippen LogP contribution < -0.4 is 0 Å². The fourth-order valence-corrected chi connectivity index (χ4v) is 4.13. The van der Waals surface area contributed by atoms with Gasteiger partial charge in [-0.15, -0.1) is 0 Å². The van der Waals surface area contributed by atoms with Crippen LogP contribution in [-0.4, -0.2) is 33.3 Å². The highest BCUT2D eigenvalue weighted by Gasteiger charge is 2.22. The Bertz CT molecular complexity index is 858. The minimum Gasteiger partial charge on any atom is -0.338 e. The number of benzene rings is 1. The standard InChI is InChI=1S/C21H27N3OS/c1-4-6-13-23(14-7-5-2)20(25)19-16(3)24-15-18(22-21(24)26-19)17-11-9-8-10-12-17/h8-12,15H,4-7,13-14H2,1-3H3. The van der Waals surface area contributed by atoms with Crippen molar-refractivity contribution >= 4 is 22.2 Å². The van der Waals surface area contributed by atoms with E-state index in [2.05, 4.69) is 30.4 Å². The predicted molar refractivity (Wildman–Crippen MR) is 109 cm³/mol. The predicted octanol–water partition coefficient (Wildman–Crippen LogP) is 5.41. The van der Waals surface area contributed by atoms with Gasteiger partial charge in [0, 0.05) is 30.5 Å². The van der Waals surface area contributed by atoms with Crippen LogP contribution in [0.25, 0.3) is 16.2 Å². The number of fused-ring (bicyclic) bond motifs is 1. The number of unbranched alkanes of at least 4 members (excludes halogenated alkanes) is 2. The molecule has 2 aromatic heterocycles. The minimum absolute atomic E-state index is 0.154. The first-order valence-corrected chi connectivity index (χ1v) is 10.3. The first kappa shape index (κ1) is 18.6. The molecule has 0 saturated carbocycles. The summed E-state index contributed by atoms with van der Waals surface area (Å²) >= 11 is 1.50. The lowest BCUT2D eigenvalue weighted by atomic mass is 10.2. The Hall–Kier alpha value is -2.14. The maximum absolute atomic E-state index is 13.1. The van der Waals surface area contributed by atoms with Crippen molar-refractivity contribution < 1.29 is 4.79 Å². The van der Waals surface area contributed by atoms with Gasteiger partial charge >= 0.3 is 0 Å². The number of carbonyl (C=O) groups is 1. The third-order valence-electron chi connectivity index (χ3n) is 4.67. The summed E-state index contributed by atoms with van der Waals surface area (Å²) in [7, 11) is 0. The molecule has 0 bridgehead atoms. The van der Waals surface area contributed by atoms with Crippen molar-refractivity contribution in [2.75, 3.05) is 13.1 Å². The van der Waals surface area contributed by atoms with Gasteiger partial charge in [-0.05, 0) is 19.8 Å². The molecular formula is C21H27N3OS. The highest BCUT2D eigenvalue weighted by atomic mass is 32.1. The molecule has 0 atom stereocenters. The molecule has 5 heteroatoms. The topological polar surface area (TPSA) is 37.6 Å². The summed E-state index contributed by atoms with van der Waals surface area (Å²) in [4.78, 5) is 21.6. The first-order chi connectivity index (χ1) is 12.7. The lowest BCUT2D eigenvalue weighted by molar-refractivity contribution is 0.0755. The molecule has 138 valence electrons. The van der Waals surface area contributed by atoms with Crippen molar-refractivity contribution in [3.8, 4) is 11.3 Å². The number of aromatic nitrogens is 2. The van der Waals surface area contributed by atoms with Crippen LogP contribution in [-0.2, 0) is 0 Å². The Kier molecular flexibility index (Phi) is 6.09. The highest BCUT2D eigenvalue weighted by molar-refractivity contribution is 7.19. The molecule has 1 amide bonds. The van der Waals surface area contributed by atoms with Crippen LogP contribution in [0, 0.1) is 6.92 Å². The van der Waals surface area contributed by atoms with Gasteiger partial charge in [-0.2, -0.15) is 0 Å². The molecule has 3 rings (SSSR count). The number of imidazole rings is 1. The number of rotatable bonds is 8. The second kappa shape index (κ2) is 8.49. The number of nitrogens with zero attached hydrogens (tertiary/aromatic N) is 3. The SMILES string of the molecule is CCCCN(CCCC)C(=O)c1sc2nc(-c3ccccc3)cn2c1C. The third kappa shape index (κ3) is 3.83. The van der Waals surface area contributed by atoms with E-state index in [9.17, 15) is 4.79 Å². The van der Waals surface area contributed by atoms with Crippen LogP contribution in [0.2, 0.25) is 0 Å². The number of hydrogen-bond acceptors (Lipinski definition) is 3. The van der Waals surface area contributed by atoms with E-state index in [-0.39, 0.29) is 5.91 Å². The second-order valence-corrected chi connectivity index (χ2v) is 7.64. The van der Waals surface area contributed by atoms with Gasteiger partial charge in [0.05, 0.1) is 5.69 Å². The summed E-state index contributed by atoms with van der Waals surface area (Å²) in [6.07, 6.45) is 6.34. The summed E-state index contributed by atoms with van der Waals surface area (Å²) in [6.45, 7) is 8.02. The molecule has 0 aliphatic heterocycles. The molecule has 0 aliphatic carbocycles. The number of hydrogen-bond donors (Lipinski definition) is 0. The normalized spacial score (nSPS) is 11.2. The molecule has 1 aromatic carbocycles. The maximum Gasteiger partial charge on any atom is 0.265 e. The van der Waals surface area contributed by atoms with E-state index < -0.39 is 0 Å². The lowest BCUT2D eigenvalue weighted by Gasteiger charge is -2.22. The van der Waals surface area contributed by atoms with E-state index in [1.165, 1.54) is 11.3 Å². The molecule has 0 radical (unpaired) electrons. The van der Waals surface area contributed by atoms with Crippen molar-refractivity contribution in [2.24, 2.45) is 0 Å². The Morgan fingerprint density at radius 1 is 1.12 bits per heavy atom. The van der Waals surface area contributed by atoms with Gasteiger partial charge in [0.25, 0.3) is 5.91 Å². The summed E-state index contributed by atoms with van der Waals surface area (Å²) < 4.78 is 2.05. The van der Waals surface area contributed by atoms with Crippen LogP contribution in [0.3, 0.4) is 0 Å². The number of carbonyl (C=O) groups excluding carboxylic acids is 1. The molecule has 0 spiro atoms. The van der Waals surface area contributed by atoms with Crippen LogP contribution in [0.4, 0.5) is 0 Å². The summed E-state index contributed by atoms with van der Waals surface area (Å²) in [5.41, 5.74) is 3.04.